The fourth-order valence-corrected chi connectivity index (χ4v) is 3.14. The van der Waals surface area contributed by atoms with Crippen LogP contribution in [0.2, 0.25) is 0 Å². The molecule has 0 aromatic rings. The van der Waals surface area contributed by atoms with Crippen molar-refractivity contribution in [2.75, 3.05) is 13.2 Å². The molecule has 100 valence electrons. The fourth-order valence-electron chi connectivity index (χ4n) is 3.14. The summed E-state index contributed by atoms with van der Waals surface area (Å²) in [5.74, 6) is 1.40. The first kappa shape index (κ1) is 12.2. The number of fused-ring (bicyclic) bond motifs is 2. The number of rotatable bonds is 0. The van der Waals surface area contributed by atoms with Crippen LogP contribution in [-0.2, 0) is 14.2 Å². The Morgan fingerprint density at radius 3 is 2.44 bits per heavy atom. The van der Waals surface area contributed by atoms with Crippen molar-refractivity contribution in [1.29, 1.82) is 0 Å². The molecule has 1 saturated heterocycles. The molecule has 3 aliphatic rings. The SMILES string of the molecule is CC1=CC2(C)C(=CCCC23OCC(C)(C)CO3)O1. The highest BCUT2D eigenvalue weighted by Gasteiger charge is 2.59. The summed E-state index contributed by atoms with van der Waals surface area (Å²) < 4.78 is 18.2. The Labute approximate surface area is 109 Å². The lowest BCUT2D eigenvalue weighted by Crippen LogP contribution is -2.57. The van der Waals surface area contributed by atoms with Crippen LogP contribution in [0.15, 0.2) is 23.7 Å². The van der Waals surface area contributed by atoms with Crippen LogP contribution in [0.1, 0.15) is 40.5 Å². The van der Waals surface area contributed by atoms with Crippen LogP contribution in [0.3, 0.4) is 0 Å². The first-order valence-corrected chi connectivity index (χ1v) is 6.73. The Kier molecular flexibility index (Phi) is 2.46. The quantitative estimate of drug-likeness (QED) is 0.659. The minimum atomic E-state index is -0.537. The second kappa shape index (κ2) is 3.61. The minimum Gasteiger partial charge on any atom is -0.466 e. The van der Waals surface area contributed by atoms with E-state index in [1.165, 1.54) is 0 Å². The van der Waals surface area contributed by atoms with Gasteiger partial charge in [-0.25, -0.2) is 0 Å². The monoisotopic (exact) mass is 250 g/mol. The fraction of sp³-hybridized carbons (Fsp3) is 0.733. The van der Waals surface area contributed by atoms with E-state index in [-0.39, 0.29) is 10.8 Å². The normalized spacial score (nSPS) is 36.7. The summed E-state index contributed by atoms with van der Waals surface area (Å²) in [5, 5.41) is 0. The van der Waals surface area contributed by atoms with Gasteiger partial charge in [-0.2, -0.15) is 0 Å². The molecule has 0 aromatic carbocycles. The molecule has 1 atom stereocenters. The van der Waals surface area contributed by atoms with Gasteiger partial charge in [-0.1, -0.05) is 13.8 Å². The van der Waals surface area contributed by atoms with Crippen molar-refractivity contribution in [1.82, 2.24) is 0 Å². The van der Waals surface area contributed by atoms with Crippen LogP contribution >= 0.6 is 0 Å². The van der Waals surface area contributed by atoms with Gasteiger partial charge in [0.25, 0.3) is 0 Å². The molecule has 1 fully saturated rings. The summed E-state index contributed by atoms with van der Waals surface area (Å²) in [4.78, 5) is 0. The third-order valence-corrected chi connectivity index (χ3v) is 4.26. The average Bonchev–Trinajstić information content (AvgIpc) is 2.59. The van der Waals surface area contributed by atoms with Crippen molar-refractivity contribution >= 4 is 0 Å². The summed E-state index contributed by atoms with van der Waals surface area (Å²) in [7, 11) is 0. The Morgan fingerprint density at radius 2 is 1.78 bits per heavy atom. The van der Waals surface area contributed by atoms with E-state index in [1.807, 2.05) is 6.92 Å². The largest absolute Gasteiger partial charge is 0.466 e. The zero-order valence-corrected chi connectivity index (χ0v) is 11.7. The lowest BCUT2D eigenvalue weighted by molar-refractivity contribution is -0.336. The van der Waals surface area contributed by atoms with Crippen LogP contribution in [0.25, 0.3) is 0 Å². The van der Waals surface area contributed by atoms with Crippen LogP contribution < -0.4 is 0 Å². The van der Waals surface area contributed by atoms with E-state index in [0.29, 0.717) is 0 Å². The highest BCUT2D eigenvalue weighted by atomic mass is 16.7. The molecule has 2 aliphatic heterocycles. The highest BCUT2D eigenvalue weighted by Crippen LogP contribution is 2.55. The van der Waals surface area contributed by atoms with Gasteiger partial charge < -0.3 is 14.2 Å². The smallest absolute Gasteiger partial charge is 0.184 e. The van der Waals surface area contributed by atoms with Gasteiger partial charge in [0.2, 0.25) is 0 Å². The topological polar surface area (TPSA) is 27.7 Å². The van der Waals surface area contributed by atoms with E-state index in [9.17, 15) is 0 Å². The molecule has 0 N–H and O–H groups in total. The zero-order chi connectivity index (χ0) is 13.0. The molecule has 3 rings (SSSR count). The molecule has 3 nitrogen and oxygen atoms in total. The van der Waals surface area contributed by atoms with E-state index < -0.39 is 5.79 Å². The van der Waals surface area contributed by atoms with Crippen molar-refractivity contribution in [3.63, 3.8) is 0 Å². The van der Waals surface area contributed by atoms with Gasteiger partial charge in [-0.3, -0.25) is 0 Å². The molecule has 3 heteroatoms. The Morgan fingerprint density at radius 1 is 1.11 bits per heavy atom. The lowest BCUT2D eigenvalue weighted by atomic mass is 9.73. The molecule has 0 saturated carbocycles. The Bertz CT molecular complexity index is 423. The molecule has 1 spiro atoms. The molecular weight excluding hydrogens is 228 g/mol. The molecule has 2 heterocycles. The van der Waals surface area contributed by atoms with Gasteiger partial charge >= 0.3 is 0 Å². The van der Waals surface area contributed by atoms with Crippen LogP contribution in [0.5, 0.6) is 0 Å². The maximum atomic E-state index is 6.20. The summed E-state index contributed by atoms with van der Waals surface area (Å²) in [6.45, 7) is 9.98. The molecule has 18 heavy (non-hydrogen) atoms. The lowest BCUT2D eigenvalue weighted by Gasteiger charge is -2.51. The van der Waals surface area contributed by atoms with E-state index in [2.05, 4.69) is 32.9 Å². The van der Waals surface area contributed by atoms with Crippen LogP contribution in [-0.4, -0.2) is 19.0 Å². The number of allylic oxidation sites excluding steroid dienone is 2. The Hall–Kier alpha value is -0.800. The second-order valence-electron chi connectivity index (χ2n) is 6.66. The van der Waals surface area contributed by atoms with Crippen molar-refractivity contribution in [3.8, 4) is 0 Å². The molecule has 0 aromatic heterocycles. The van der Waals surface area contributed by atoms with E-state index in [4.69, 9.17) is 14.2 Å². The van der Waals surface area contributed by atoms with Crippen molar-refractivity contribution in [3.05, 3.63) is 23.7 Å². The van der Waals surface area contributed by atoms with Crippen molar-refractivity contribution < 1.29 is 14.2 Å². The minimum absolute atomic E-state index is 0.0984. The predicted octanol–water partition coefficient (Wildman–Crippen LogP) is 3.37. The zero-order valence-electron chi connectivity index (χ0n) is 11.7. The maximum Gasteiger partial charge on any atom is 0.184 e. The standard InChI is InChI=1S/C15H22O3/c1-11-8-14(4)12(18-11)6-5-7-15(14)16-9-13(2,3)10-17-15/h6,8H,5,7,9-10H2,1-4H3. The number of hydrogen-bond acceptors (Lipinski definition) is 3. The van der Waals surface area contributed by atoms with Gasteiger partial charge in [0, 0.05) is 11.8 Å². The molecular formula is C15H22O3. The highest BCUT2D eigenvalue weighted by molar-refractivity contribution is 5.31. The number of hydrogen-bond donors (Lipinski definition) is 0. The molecule has 1 unspecified atom stereocenters. The van der Waals surface area contributed by atoms with Crippen molar-refractivity contribution in [2.24, 2.45) is 10.8 Å². The summed E-state index contributed by atoms with van der Waals surface area (Å²) in [6, 6.07) is 0. The summed E-state index contributed by atoms with van der Waals surface area (Å²) in [5.41, 5.74) is -0.174. The molecule has 0 radical (unpaired) electrons. The molecule has 0 amide bonds. The van der Waals surface area contributed by atoms with Gasteiger partial charge in [-0.05, 0) is 32.4 Å². The maximum absolute atomic E-state index is 6.20. The van der Waals surface area contributed by atoms with Gasteiger partial charge in [0.15, 0.2) is 5.79 Å². The first-order valence-electron chi connectivity index (χ1n) is 6.73. The summed E-state index contributed by atoms with van der Waals surface area (Å²) >= 11 is 0. The van der Waals surface area contributed by atoms with E-state index >= 15 is 0 Å². The van der Waals surface area contributed by atoms with Gasteiger partial charge in [-0.15, -0.1) is 0 Å². The Balaban J connectivity index is 1.96. The predicted molar refractivity (Wildman–Crippen MR) is 68.7 cm³/mol. The average molecular weight is 250 g/mol. The van der Waals surface area contributed by atoms with Gasteiger partial charge in [0.05, 0.1) is 19.0 Å². The van der Waals surface area contributed by atoms with Crippen molar-refractivity contribution in [2.45, 2.75) is 46.3 Å². The third-order valence-electron chi connectivity index (χ3n) is 4.26. The van der Waals surface area contributed by atoms with Gasteiger partial charge in [0.1, 0.15) is 11.2 Å². The second-order valence-corrected chi connectivity index (χ2v) is 6.66. The van der Waals surface area contributed by atoms with Crippen LogP contribution in [0, 0.1) is 10.8 Å². The third kappa shape index (κ3) is 1.57. The first-order chi connectivity index (χ1) is 8.37. The molecule has 0 bridgehead atoms. The summed E-state index contributed by atoms with van der Waals surface area (Å²) in [6.07, 6.45) is 6.17. The van der Waals surface area contributed by atoms with E-state index in [0.717, 1.165) is 37.6 Å². The van der Waals surface area contributed by atoms with E-state index in [1.54, 1.807) is 0 Å². The van der Waals surface area contributed by atoms with Crippen LogP contribution in [0.4, 0.5) is 0 Å². The molecule has 1 aliphatic carbocycles. The number of ether oxygens (including phenoxy) is 3.